The Morgan fingerprint density at radius 2 is 1.94 bits per heavy atom. The molecule has 0 unspecified atom stereocenters. The van der Waals surface area contributed by atoms with E-state index in [4.69, 9.17) is 22.1 Å². The number of rotatable bonds is 2. The predicted molar refractivity (Wildman–Crippen MR) is 66.5 cm³/mol. The Bertz CT molecular complexity index is 671. The van der Waals surface area contributed by atoms with E-state index in [-0.39, 0.29) is 0 Å². The Labute approximate surface area is 110 Å². The van der Waals surface area contributed by atoms with E-state index < -0.39 is 26.4 Å². The van der Waals surface area contributed by atoms with Crippen LogP contribution in [-0.2, 0) is 9.84 Å². The van der Waals surface area contributed by atoms with Gasteiger partial charge in [-0.3, -0.25) is 0 Å². The number of nitrogens with zero attached hydrogens (tertiary/aromatic N) is 2. The lowest BCUT2D eigenvalue weighted by molar-refractivity contribution is 0.597. The largest absolute Gasteiger partial charge is 0.229 e. The number of benzene rings is 1. The molecule has 1 aromatic carbocycles. The van der Waals surface area contributed by atoms with Crippen molar-refractivity contribution in [3.05, 3.63) is 34.9 Å². The van der Waals surface area contributed by atoms with Crippen LogP contribution in [0, 0.1) is 28.1 Å². The highest BCUT2D eigenvalue weighted by Gasteiger charge is 2.72. The molecule has 0 heterocycles. The first kappa shape index (κ1) is 12.9. The average molecular weight is 281 g/mol. The molecule has 0 N–H and O–H groups in total. The van der Waals surface area contributed by atoms with Crippen molar-refractivity contribution in [2.24, 2.45) is 5.41 Å². The Hall–Kier alpha value is -1.56. The molecule has 4 nitrogen and oxygen atoms in total. The molecule has 0 spiro atoms. The van der Waals surface area contributed by atoms with Crippen LogP contribution in [0.5, 0.6) is 0 Å². The fraction of sp³-hybridized carbons (Fsp3) is 0.333. The van der Waals surface area contributed by atoms with Gasteiger partial charge in [0.1, 0.15) is 5.25 Å². The predicted octanol–water partition coefficient (Wildman–Crippen LogP) is 1.88. The number of halogens is 1. The monoisotopic (exact) mass is 280 g/mol. The van der Waals surface area contributed by atoms with E-state index in [0.717, 1.165) is 6.26 Å². The topological polar surface area (TPSA) is 81.7 Å². The molecule has 0 amide bonds. The summed E-state index contributed by atoms with van der Waals surface area (Å²) in [4.78, 5) is 0. The van der Waals surface area contributed by atoms with E-state index in [9.17, 15) is 8.42 Å². The van der Waals surface area contributed by atoms with E-state index in [1.54, 1.807) is 24.3 Å². The highest BCUT2D eigenvalue weighted by Crippen LogP contribution is 2.62. The molecule has 2 atom stereocenters. The molecule has 1 fully saturated rings. The lowest BCUT2D eigenvalue weighted by atomic mass is 10.0. The Balaban J connectivity index is 2.54. The number of sulfone groups is 1. The third kappa shape index (κ3) is 1.77. The standard InChI is InChI=1S/C12H9ClN2O2S/c1-18(16,17)11-10(12(11,6-14)7-15)8-3-2-4-9(13)5-8/h2-5,10-11H,1H3/t10-,11-/m1/s1. The third-order valence-corrected chi connectivity index (χ3v) is 4.97. The Kier molecular flexibility index (Phi) is 2.85. The third-order valence-electron chi connectivity index (χ3n) is 3.17. The minimum Gasteiger partial charge on any atom is -0.229 e. The molecule has 1 saturated carbocycles. The van der Waals surface area contributed by atoms with Crippen LogP contribution in [0.1, 0.15) is 11.5 Å². The molecule has 0 saturated heterocycles. The molecule has 92 valence electrons. The van der Waals surface area contributed by atoms with Crippen molar-refractivity contribution in [3.8, 4) is 12.1 Å². The van der Waals surface area contributed by atoms with E-state index >= 15 is 0 Å². The lowest BCUT2D eigenvalue weighted by Gasteiger charge is -1.99. The summed E-state index contributed by atoms with van der Waals surface area (Å²) in [5.41, 5.74) is -0.876. The first-order chi connectivity index (χ1) is 8.36. The molecule has 0 radical (unpaired) electrons. The molecular weight excluding hydrogens is 272 g/mol. The summed E-state index contributed by atoms with van der Waals surface area (Å²) in [5, 5.41) is 17.7. The normalized spacial score (nSPS) is 24.9. The average Bonchev–Trinajstić information content (AvgIpc) is 2.98. The van der Waals surface area contributed by atoms with E-state index in [1.807, 2.05) is 12.1 Å². The van der Waals surface area contributed by atoms with Gasteiger partial charge in [-0.15, -0.1) is 0 Å². The van der Waals surface area contributed by atoms with Crippen molar-refractivity contribution < 1.29 is 8.42 Å². The van der Waals surface area contributed by atoms with Crippen LogP contribution in [0.25, 0.3) is 0 Å². The summed E-state index contributed by atoms with van der Waals surface area (Å²) in [6, 6.07) is 10.3. The van der Waals surface area contributed by atoms with Gasteiger partial charge in [0.2, 0.25) is 0 Å². The van der Waals surface area contributed by atoms with Crippen LogP contribution in [0.3, 0.4) is 0 Å². The molecule has 1 aliphatic rings. The van der Waals surface area contributed by atoms with Crippen molar-refractivity contribution in [2.45, 2.75) is 11.2 Å². The van der Waals surface area contributed by atoms with Gasteiger partial charge >= 0.3 is 0 Å². The highest BCUT2D eigenvalue weighted by molar-refractivity contribution is 7.91. The minimum absolute atomic E-state index is 0.455. The fourth-order valence-electron chi connectivity index (χ4n) is 2.37. The molecule has 1 aliphatic carbocycles. The van der Waals surface area contributed by atoms with Crippen LogP contribution < -0.4 is 0 Å². The zero-order valence-corrected chi connectivity index (χ0v) is 11.0. The maximum absolute atomic E-state index is 11.7. The second-order valence-electron chi connectivity index (χ2n) is 4.38. The molecule has 18 heavy (non-hydrogen) atoms. The fourth-order valence-corrected chi connectivity index (χ4v) is 4.28. The maximum Gasteiger partial charge on any atom is 0.169 e. The highest BCUT2D eigenvalue weighted by atomic mass is 35.5. The summed E-state index contributed by atoms with van der Waals surface area (Å²) >= 11 is 5.84. The van der Waals surface area contributed by atoms with Gasteiger partial charge in [0, 0.05) is 17.2 Å². The Morgan fingerprint density at radius 3 is 2.33 bits per heavy atom. The van der Waals surface area contributed by atoms with E-state index in [0.29, 0.717) is 10.6 Å². The van der Waals surface area contributed by atoms with Crippen LogP contribution >= 0.6 is 11.6 Å². The first-order valence-electron chi connectivity index (χ1n) is 5.13. The van der Waals surface area contributed by atoms with Crippen LogP contribution in [-0.4, -0.2) is 19.9 Å². The first-order valence-corrected chi connectivity index (χ1v) is 7.47. The minimum atomic E-state index is -3.46. The second-order valence-corrected chi connectivity index (χ2v) is 6.98. The number of hydrogen-bond acceptors (Lipinski definition) is 4. The smallest absolute Gasteiger partial charge is 0.169 e. The summed E-state index contributed by atoms with van der Waals surface area (Å²) in [6.45, 7) is 0. The molecule has 0 aromatic heterocycles. The van der Waals surface area contributed by atoms with Gasteiger partial charge < -0.3 is 0 Å². The van der Waals surface area contributed by atoms with Crippen molar-refractivity contribution in [1.82, 2.24) is 0 Å². The molecule has 0 bridgehead atoms. The quantitative estimate of drug-likeness (QED) is 0.828. The van der Waals surface area contributed by atoms with Crippen molar-refractivity contribution >= 4 is 21.4 Å². The zero-order chi connectivity index (χ0) is 13.6. The van der Waals surface area contributed by atoms with Gasteiger partial charge in [-0.1, -0.05) is 23.7 Å². The van der Waals surface area contributed by atoms with Gasteiger partial charge in [-0.05, 0) is 17.7 Å². The Morgan fingerprint density at radius 1 is 1.33 bits per heavy atom. The van der Waals surface area contributed by atoms with Crippen LogP contribution in [0.2, 0.25) is 5.02 Å². The molecule has 0 aliphatic heterocycles. The van der Waals surface area contributed by atoms with Crippen LogP contribution in [0.4, 0.5) is 0 Å². The second kappa shape index (κ2) is 3.98. The van der Waals surface area contributed by atoms with Crippen molar-refractivity contribution in [3.63, 3.8) is 0 Å². The number of hydrogen-bond donors (Lipinski definition) is 0. The summed E-state index contributed by atoms with van der Waals surface area (Å²) in [5.74, 6) is -0.624. The lowest BCUT2D eigenvalue weighted by Crippen LogP contribution is -2.11. The molecule has 2 rings (SSSR count). The zero-order valence-electron chi connectivity index (χ0n) is 9.46. The van der Waals surface area contributed by atoms with Gasteiger partial charge in [0.05, 0.1) is 12.1 Å². The van der Waals surface area contributed by atoms with Crippen LogP contribution in [0.15, 0.2) is 24.3 Å². The van der Waals surface area contributed by atoms with Gasteiger partial charge in [0.25, 0.3) is 0 Å². The summed E-state index contributed by atoms with van der Waals surface area (Å²) in [6.07, 6.45) is 1.05. The van der Waals surface area contributed by atoms with Crippen molar-refractivity contribution in [1.29, 1.82) is 10.5 Å². The van der Waals surface area contributed by atoms with Gasteiger partial charge in [-0.2, -0.15) is 10.5 Å². The SMILES string of the molecule is CS(=O)(=O)[C@@H]1[C@@H](c2cccc(Cl)c2)C1(C#N)C#N. The van der Waals surface area contributed by atoms with E-state index in [2.05, 4.69) is 0 Å². The molecule has 1 aromatic rings. The number of nitriles is 2. The summed E-state index contributed by atoms with van der Waals surface area (Å²) in [7, 11) is -3.46. The molecule has 6 heteroatoms. The van der Waals surface area contributed by atoms with Gasteiger partial charge in [-0.25, -0.2) is 8.42 Å². The molecular formula is C12H9ClN2O2S. The summed E-state index contributed by atoms with van der Waals surface area (Å²) < 4.78 is 23.3. The maximum atomic E-state index is 11.7. The van der Waals surface area contributed by atoms with E-state index in [1.165, 1.54) is 0 Å². The van der Waals surface area contributed by atoms with Crippen molar-refractivity contribution in [2.75, 3.05) is 6.26 Å². The van der Waals surface area contributed by atoms with Gasteiger partial charge in [0.15, 0.2) is 15.3 Å².